The van der Waals surface area contributed by atoms with Crippen LogP contribution in [-0.4, -0.2) is 28.7 Å². The van der Waals surface area contributed by atoms with E-state index in [2.05, 4.69) is 0 Å². The molecule has 0 radical (unpaired) electrons. The normalized spacial score (nSPS) is 11.5. The molecule has 17 heavy (non-hydrogen) atoms. The SMILES string of the molecule is COCCCOc1ccc(S(N)(=O)=O)cc1Cl. The summed E-state index contributed by atoms with van der Waals surface area (Å²) >= 11 is 5.87. The Morgan fingerprint density at radius 3 is 2.59 bits per heavy atom. The van der Waals surface area contributed by atoms with Crippen LogP contribution in [0.4, 0.5) is 0 Å². The van der Waals surface area contributed by atoms with Crippen molar-refractivity contribution >= 4 is 21.6 Å². The van der Waals surface area contributed by atoms with Gasteiger partial charge in [-0.05, 0) is 18.2 Å². The standard InChI is InChI=1S/C10H14ClNO4S/c1-15-5-2-6-16-10-4-3-8(7-9(10)11)17(12,13)14/h3-4,7H,2,5-6H2,1H3,(H2,12,13,14). The number of primary sulfonamides is 1. The van der Waals surface area contributed by atoms with Gasteiger partial charge in [0.1, 0.15) is 5.75 Å². The van der Waals surface area contributed by atoms with E-state index in [1.807, 2.05) is 0 Å². The molecule has 2 N–H and O–H groups in total. The Kier molecular flexibility index (Phi) is 5.20. The second-order valence-electron chi connectivity index (χ2n) is 3.33. The highest BCUT2D eigenvalue weighted by Gasteiger charge is 2.10. The molecule has 1 aromatic carbocycles. The largest absolute Gasteiger partial charge is 0.492 e. The van der Waals surface area contributed by atoms with Crippen LogP contribution in [0.2, 0.25) is 5.02 Å². The van der Waals surface area contributed by atoms with Gasteiger partial charge in [-0.3, -0.25) is 0 Å². The Balaban J connectivity index is 2.70. The van der Waals surface area contributed by atoms with Crippen LogP contribution < -0.4 is 9.88 Å². The van der Waals surface area contributed by atoms with Crippen molar-refractivity contribution in [1.82, 2.24) is 0 Å². The lowest BCUT2D eigenvalue weighted by Gasteiger charge is -2.08. The van der Waals surface area contributed by atoms with Crippen molar-refractivity contribution in [2.75, 3.05) is 20.3 Å². The van der Waals surface area contributed by atoms with Gasteiger partial charge >= 0.3 is 0 Å². The fourth-order valence-electron chi connectivity index (χ4n) is 1.16. The quantitative estimate of drug-likeness (QED) is 0.799. The fraction of sp³-hybridized carbons (Fsp3) is 0.400. The van der Waals surface area contributed by atoms with Crippen molar-refractivity contribution < 1.29 is 17.9 Å². The molecule has 0 fully saturated rings. The van der Waals surface area contributed by atoms with Crippen LogP contribution in [0.15, 0.2) is 23.1 Å². The van der Waals surface area contributed by atoms with Gasteiger partial charge in [-0.2, -0.15) is 0 Å². The van der Waals surface area contributed by atoms with E-state index in [-0.39, 0.29) is 9.92 Å². The van der Waals surface area contributed by atoms with Crippen LogP contribution >= 0.6 is 11.6 Å². The van der Waals surface area contributed by atoms with Gasteiger partial charge in [0.05, 0.1) is 16.5 Å². The van der Waals surface area contributed by atoms with E-state index in [1.165, 1.54) is 18.2 Å². The lowest BCUT2D eigenvalue weighted by molar-refractivity contribution is 0.172. The minimum atomic E-state index is -3.73. The van der Waals surface area contributed by atoms with Gasteiger partial charge in [0.15, 0.2) is 0 Å². The first-order valence-corrected chi connectivity index (χ1v) is 6.81. The molecule has 7 heteroatoms. The molecular formula is C10H14ClNO4S. The highest BCUT2D eigenvalue weighted by atomic mass is 35.5. The molecular weight excluding hydrogens is 266 g/mol. The van der Waals surface area contributed by atoms with E-state index in [0.717, 1.165) is 6.42 Å². The molecule has 0 atom stereocenters. The molecule has 0 bridgehead atoms. The third kappa shape index (κ3) is 4.51. The predicted octanol–water partition coefficient (Wildman–Crippen LogP) is 1.40. The van der Waals surface area contributed by atoms with Gasteiger partial charge < -0.3 is 9.47 Å². The second kappa shape index (κ2) is 6.20. The van der Waals surface area contributed by atoms with E-state index in [1.54, 1.807) is 7.11 Å². The highest BCUT2D eigenvalue weighted by molar-refractivity contribution is 7.89. The van der Waals surface area contributed by atoms with E-state index in [9.17, 15) is 8.42 Å². The van der Waals surface area contributed by atoms with E-state index in [4.69, 9.17) is 26.2 Å². The van der Waals surface area contributed by atoms with Crippen LogP contribution in [0.3, 0.4) is 0 Å². The lowest BCUT2D eigenvalue weighted by atomic mass is 10.3. The molecule has 0 aliphatic rings. The molecule has 0 heterocycles. The maximum Gasteiger partial charge on any atom is 0.238 e. The minimum Gasteiger partial charge on any atom is -0.492 e. The summed E-state index contributed by atoms with van der Waals surface area (Å²) in [6, 6.07) is 4.10. The molecule has 1 rings (SSSR count). The molecule has 0 amide bonds. The smallest absolute Gasteiger partial charge is 0.238 e. The predicted molar refractivity (Wildman–Crippen MR) is 64.8 cm³/mol. The Bertz CT molecular complexity index is 475. The number of halogens is 1. The van der Waals surface area contributed by atoms with E-state index < -0.39 is 10.0 Å². The monoisotopic (exact) mass is 279 g/mol. The summed E-state index contributed by atoms with van der Waals surface area (Å²) in [4.78, 5) is -0.0354. The Morgan fingerprint density at radius 1 is 1.35 bits per heavy atom. The van der Waals surface area contributed by atoms with Gasteiger partial charge in [-0.25, -0.2) is 13.6 Å². The molecule has 0 saturated heterocycles. The summed E-state index contributed by atoms with van der Waals surface area (Å²) in [5.74, 6) is 0.426. The molecule has 96 valence electrons. The molecule has 5 nitrogen and oxygen atoms in total. The Hall–Kier alpha value is -0.820. The first kappa shape index (κ1) is 14.2. The molecule has 0 aliphatic carbocycles. The molecule has 0 saturated carbocycles. The zero-order chi connectivity index (χ0) is 12.9. The van der Waals surface area contributed by atoms with Crippen molar-refractivity contribution in [2.24, 2.45) is 5.14 Å². The molecule has 0 unspecified atom stereocenters. The summed E-state index contributed by atoms with van der Waals surface area (Å²) in [5, 5.41) is 5.19. The van der Waals surface area contributed by atoms with Crippen LogP contribution in [-0.2, 0) is 14.8 Å². The van der Waals surface area contributed by atoms with Crippen molar-refractivity contribution in [3.05, 3.63) is 23.2 Å². The van der Waals surface area contributed by atoms with E-state index >= 15 is 0 Å². The summed E-state index contributed by atoms with van der Waals surface area (Å²) in [5.41, 5.74) is 0. The average Bonchev–Trinajstić information content (AvgIpc) is 2.24. The number of sulfonamides is 1. The highest BCUT2D eigenvalue weighted by Crippen LogP contribution is 2.26. The minimum absolute atomic E-state index is 0.0354. The Morgan fingerprint density at radius 2 is 2.06 bits per heavy atom. The van der Waals surface area contributed by atoms with Crippen molar-refractivity contribution in [3.63, 3.8) is 0 Å². The number of hydrogen-bond acceptors (Lipinski definition) is 4. The van der Waals surface area contributed by atoms with Crippen molar-refractivity contribution in [1.29, 1.82) is 0 Å². The summed E-state index contributed by atoms with van der Waals surface area (Å²) in [7, 11) is -2.13. The number of benzene rings is 1. The number of methoxy groups -OCH3 is 1. The van der Waals surface area contributed by atoms with Crippen molar-refractivity contribution in [2.45, 2.75) is 11.3 Å². The van der Waals surface area contributed by atoms with Gasteiger partial charge in [0.25, 0.3) is 0 Å². The third-order valence-corrected chi connectivity index (χ3v) is 3.19. The third-order valence-electron chi connectivity index (χ3n) is 1.98. The van der Waals surface area contributed by atoms with Crippen LogP contribution in [0.1, 0.15) is 6.42 Å². The Labute approximate surface area is 106 Å². The number of hydrogen-bond donors (Lipinski definition) is 1. The van der Waals surface area contributed by atoms with Crippen LogP contribution in [0.25, 0.3) is 0 Å². The van der Waals surface area contributed by atoms with Gasteiger partial charge in [-0.1, -0.05) is 11.6 Å². The molecule has 0 spiro atoms. The van der Waals surface area contributed by atoms with Gasteiger partial charge in [0, 0.05) is 20.1 Å². The van der Waals surface area contributed by atoms with Crippen molar-refractivity contribution in [3.8, 4) is 5.75 Å². The number of rotatable bonds is 6. The lowest BCUT2D eigenvalue weighted by Crippen LogP contribution is -2.12. The summed E-state index contributed by atoms with van der Waals surface area (Å²) in [6.07, 6.45) is 0.726. The summed E-state index contributed by atoms with van der Waals surface area (Å²) in [6.45, 7) is 1.04. The number of nitrogens with two attached hydrogens (primary N) is 1. The van der Waals surface area contributed by atoms with Crippen LogP contribution in [0.5, 0.6) is 5.75 Å². The molecule has 0 aromatic heterocycles. The fourth-order valence-corrected chi connectivity index (χ4v) is 2.00. The second-order valence-corrected chi connectivity index (χ2v) is 5.30. The van der Waals surface area contributed by atoms with Gasteiger partial charge in [-0.15, -0.1) is 0 Å². The maximum atomic E-state index is 11.1. The number of ether oxygens (including phenoxy) is 2. The van der Waals surface area contributed by atoms with Gasteiger partial charge in [0.2, 0.25) is 10.0 Å². The molecule has 0 aliphatic heterocycles. The zero-order valence-corrected chi connectivity index (χ0v) is 10.9. The maximum absolute atomic E-state index is 11.1. The first-order chi connectivity index (χ1) is 7.95. The average molecular weight is 280 g/mol. The van der Waals surface area contributed by atoms with Crippen LogP contribution in [0, 0.1) is 0 Å². The molecule has 1 aromatic rings. The topological polar surface area (TPSA) is 78.6 Å². The summed E-state index contributed by atoms with van der Waals surface area (Å²) < 4.78 is 32.3. The van der Waals surface area contributed by atoms with E-state index in [0.29, 0.717) is 19.0 Å². The first-order valence-electron chi connectivity index (χ1n) is 4.89. The zero-order valence-electron chi connectivity index (χ0n) is 9.35.